The zero-order chi connectivity index (χ0) is 14.8. The molecule has 112 valence electrons. The molecule has 0 N–H and O–H groups in total. The lowest BCUT2D eigenvalue weighted by atomic mass is 10.00. The smallest absolute Gasteiger partial charge is 0.0225 e. The van der Waals surface area contributed by atoms with Crippen molar-refractivity contribution in [3.63, 3.8) is 0 Å². The zero-order valence-electron chi connectivity index (χ0n) is 13.5. The molecule has 0 aliphatic carbocycles. The first-order valence-electron chi connectivity index (χ1n) is 7.10. The van der Waals surface area contributed by atoms with Gasteiger partial charge in [-0.1, -0.05) is 74.9 Å². The fourth-order valence-electron chi connectivity index (χ4n) is 1.79. The van der Waals surface area contributed by atoms with Crippen LogP contribution in [-0.2, 0) is 0 Å². The van der Waals surface area contributed by atoms with Crippen LogP contribution in [0.1, 0.15) is 60.1 Å². The first-order chi connectivity index (χ1) is 9.04. The molecule has 0 fully saturated rings. The predicted octanol–water partition coefficient (Wildman–Crippen LogP) is 6.97. The number of hydrogen-bond acceptors (Lipinski definition) is 0. The van der Waals surface area contributed by atoms with Crippen LogP contribution in [0.4, 0.5) is 0 Å². The lowest BCUT2D eigenvalue weighted by Crippen LogP contribution is -1.84. The number of hydrogen-bond donors (Lipinski definition) is 0. The molecule has 1 aromatic rings. The summed E-state index contributed by atoms with van der Waals surface area (Å²) in [5.41, 5.74) is 6.56. The fourth-order valence-corrected chi connectivity index (χ4v) is 1.79. The highest BCUT2D eigenvalue weighted by Gasteiger charge is 1.98. The fraction of sp³-hybridized carbons (Fsp3) is 0.400. The maximum absolute atomic E-state index is 2.23. The number of aryl methyl sites for hydroxylation is 1. The molecule has 1 rings (SSSR count). The maximum Gasteiger partial charge on any atom is -0.0225 e. The van der Waals surface area contributed by atoms with E-state index in [2.05, 4.69) is 70.2 Å². The summed E-state index contributed by atoms with van der Waals surface area (Å²) in [5.74, 6) is 0. The molecule has 0 saturated carbocycles. The Morgan fingerprint density at radius 1 is 0.950 bits per heavy atom. The van der Waals surface area contributed by atoms with Crippen LogP contribution < -0.4 is 0 Å². The average molecular weight is 272 g/mol. The largest absolute Gasteiger partial charge is 0.0874 e. The SMILES string of the molecule is C.C/C=C/C(C)=C\C(C)=C(/C)c1ccc(C)cc1.CC. The van der Waals surface area contributed by atoms with E-state index in [0.717, 1.165) is 0 Å². The molecule has 0 amide bonds. The molecular formula is C20H32. The van der Waals surface area contributed by atoms with Gasteiger partial charge in [0.15, 0.2) is 0 Å². The highest BCUT2D eigenvalue weighted by molar-refractivity contribution is 5.69. The van der Waals surface area contributed by atoms with E-state index in [1.165, 1.54) is 27.8 Å². The summed E-state index contributed by atoms with van der Waals surface area (Å²) >= 11 is 0. The summed E-state index contributed by atoms with van der Waals surface area (Å²) in [5, 5.41) is 0. The second-order valence-corrected chi connectivity index (χ2v) is 4.56. The van der Waals surface area contributed by atoms with Gasteiger partial charge in [0.1, 0.15) is 0 Å². The number of benzene rings is 1. The third kappa shape index (κ3) is 7.13. The van der Waals surface area contributed by atoms with Crippen molar-refractivity contribution < 1.29 is 0 Å². The van der Waals surface area contributed by atoms with Crippen LogP contribution in [0, 0.1) is 6.92 Å². The van der Waals surface area contributed by atoms with Gasteiger partial charge in [0.2, 0.25) is 0 Å². The van der Waals surface area contributed by atoms with E-state index >= 15 is 0 Å². The summed E-state index contributed by atoms with van der Waals surface area (Å²) in [6, 6.07) is 8.70. The second-order valence-electron chi connectivity index (χ2n) is 4.56. The normalized spacial score (nSPS) is 12.2. The minimum atomic E-state index is 0. The standard InChI is InChI=1S/C17H22.C2H6.CH4/c1-6-7-14(3)12-15(4)16(5)17-10-8-13(2)9-11-17;1-2;/h6-12H,1-5H3;1-2H3;1H4/b7-6+,14-12-,16-15+;;. The maximum atomic E-state index is 2.23. The van der Waals surface area contributed by atoms with Crippen molar-refractivity contribution in [2.75, 3.05) is 0 Å². The topological polar surface area (TPSA) is 0 Å². The Bertz CT molecular complexity index is 453. The van der Waals surface area contributed by atoms with Crippen LogP contribution in [0.25, 0.3) is 5.57 Å². The Morgan fingerprint density at radius 3 is 1.90 bits per heavy atom. The molecule has 0 radical (unpaired) electrons. The van der Waals surface area contributed by atoms with Crippen molar-refractivity contribution in [3.8, 4) is 0 Å². The van der Waals surface area contributed by atoms with Crippen molar-refractivity contribution in [2.24, 2.45) is 0 Å². The molecule has 20 heavy (non-hydrogen) atoms. The van der Waals surface area contributed by atoms with E-state index < -0.39 is 0 Å². The lowest BCUT2D eigenvalue weighted by Gasteiger charge is -2.06. The summed E-state index contributed by atoms with van der Waals surface area (Å²) in [4.78, 5) is 0. The van der Waals surface area contributed by atoms with Gasteiger partial charge in [0.25, 0.3) is 0 Å². The third-order valence-electron chi connectivity index (χ3n) is 2.95. The molecule has 0 unspecified atom stereocenters. The van der Waals surface area contributed by atoms with Gasteiger partial charge in [-0.05, 0) is 51.3 Å². The minimum Gasteiger partial charge on any atom is -0.0874 e. The van der Waals surface area contributed by atoms with Crippen molar-refractivity contribution in [1.29, 1.82) is 0 Å². The van der Waals surface area contributed by atoms with Crippen LogP contribution in [0.15, 0.2) is 53.6 Å². The van der Waals surface area contributed by atoms with E-state index in [0.29, 0.717) is 0 Å². The van der Waals surface area contributed by atoms with E-state index in [-0.39, 0.29) is 7.43 Å². The van der Waals surface area contributed by atoms with Gasteiger partial charge in [-0.15, -0.1) is 0 Å². The van der Waals surface area contributed by atoms with Crippen LogP contribution in [-0.4, -0.2) is 0 Å². The van der Waals surface area contributed by atoms with Gasteiger partial charge in [0, 0.05) is 0 Å². The van der Waals surface area contributed by atoms with Gasteiger partial charge in [0.05, 0.1) is 0 Å². The van der Waals surface area contributed by atoms with Crippen molar-refractivity contribution in [3.05, 3.63) is 64.8 Å². The minimum absolute atomic E-state index is 0. The molecule has 0 saturated heterocycles. The van der Waals surface area contributed by atoms with Gasteiger partial charge in [-0.2, -0.15) is 0 Å². The van der Waals surface area contributed by atoms with Crippen LogP contribution in [0.2, 0.25) is 0 Å². The molecule has 0 nitrogen and oxygen atoms in total. The monoisotopic (exact) mass is 272 g/mol. The summed E-state index contributed by atoms with van der Waals surface area (Å²) in [7, 11) is 0. The van der Waals surface area contributed by atoms with E-state index in [4.69, 9.17) is 0 Å². The van der Waals surface area contributed by atoms with Crippen LogP contribution >= 0.6 is 0 Å². The summed E-state index contributed by atoms with van der Waals surface area (Å²) < 4.78 is 0. The third-order valence-corrected chi connectivity index (χ3v) is 2.95. The molecule has 0 aliphatic heterocycles. The number of rotatable bonds is 3. The van der Waals surface area contributed by atoms with Gasteiger partial charge in [-0.25, -0.2) is 0 Å². The molecule has 0 aliphatic rings. The van der Waals surface area contributed by atoms with Crippen molar-refractivity contribution in [1.82, 2.24) is 0 Å². The van der Waals surface area contributed by atoms with E-state index in [1.807, 2.05) is 20.8 Å². The van der Waals surface area contributed by atoms with Gasteiger partial charge < -0.3 is 0 Å². The first-order valence-corrected chi connectivity index (χ1v) is 7.10. The van der Waals surface area contributed by atoms with E-state index in [1.54, 1.807) is 0 Å². The lowest BCUT2D eigenvalue weighted by molar-refractivity contribution is 1.39. The summed E-state index contributed by atoms with van der Waals surface area (Å²) in [6.07, 6.45) is 6.43. The van der Waals surface area contributed by atoms with Crippen molar-refractivity contribution >= 4 is 5.57 Å². The Morgan fingerprint density at radius 2 is 1.45 bits per heavy atom. The molecule has 0 heteroatoms. The molecule has 0 spiro atoms. The molecule has 0 bridgehead atoms. The quantitative estimate of drug-likeness (QED) is 0.521. The zero-order valence-corrected chi connectivity index (χ0v) is 13.5. The molecule has 1 aromatic carbocycles. The van der Waals surface area contributed by atoms with Gasteiger partial charge in [-0.3, -0.25) is 0 Å². The molecule has 0 heterocycles. The second kappa shape index (κ2) is 11.3. The Hall–Kier alpha value is -1.56. The number of allylic oxidation sites excluding steroid dienone is 6. The van der Waals surface area contributed by atoms with Crippen LogP contribution in [0.3, 0.4) is 0 Å². The highest BCUT2D eigenvalue weighted by atomic mass is 14.0. The first kappa shape index (κ1) is 20.8. The molecule has 0 aromatic heterocycles. The predicted molar refractivity (Wildman–Crippen MR) is 96.1 cm³/mol. The summed E-state index contributed by atoms with van der Waals surface area (Å²) in [6.45, 7) is 14.6. The van der Waals surface area contributed by atoms with Crippen molar-refractivity contribution in [2.45, 2.75) is 55.9 Å². The van der Waals surface area contributed by atoms with Gasteiger partial charge >= 0.3 is 0 Å². The molecule has 0 atom stereocenters. The van der Waals surface area contributed by atoms with Crippen LogP contribution in [0.5, 0.6) is 0 Å². The Labute approximate surface area is 126 Å². The molecular weight excluding hydrogens is 240 g/mol. The Balaban J connectivity index is 0. The average Bonchev–Trinajstić information content (AvgIpc) is 2.41. The highest BCUT2D eigenvalue weighted by Crippen LogP contribution is 2.20. The Kier molecular flexibility index (Phi) is 11.7. The van der Waals surface area contributed by atoms with E-state index in [9.17, 15) is 0 Å².